The molecule has 0 amide bonds. The fraction of sp³-hybridized carbons (Fsp3) is 0.786. The van der Waals surface area contributed by atoms with Gasteiger partial charge in [0.2, 0.25) is 5.88 Å². The van der Waals surface area contributed by atoms with Crippen molar-refractivity contribution in [3.63, 3.8) is 0 Å². The van der Waals surface area contributed by atoms with Crippen molar-refractivity contribution in [3.8, 4) is 5.88 Å². The Morgan fingerprint density at radius 3 is 2.29 bits per heavy atom. The third-order valence-electron chi connectivity index (χ3n) is 2.77. The fourth-order valence-corrected chi connectivity index (χ4v) is 2.01. The molecule has 17 heavy (non-hydrogen) atoms. The molecule has 1 aromatic rings. The van der Waals surface area contributed by atoms with Crippen LogP contribution in [0.1, 0.15) is 59.2 Å². The standard InChI is InChI=1S/C14H26N2O/c1-7-8-12-11(9-10(2)3)13(17)16(15-12)14(4,5)6/h10,17H,7-9H2,1-6H3. The molecule has 1 rings (SSSR count). The lowest BCUT2D eigenvalue weighted by molar-refractivity contribution is 0.291. The van der Waals surface area contributed by atoms with E-state index in [4.69, 9.17) is 0 Å². The molecule has 0 bridgehead atoms. The largest absolute Gasteiger partial charge is 0.493 e. The Kier molecular flexibility index (Phi) is 4.23. The van der Waals surface area contributed by atoms with E-state index in [1.165, 1.54) is 0 Å². The molecule has 1 heterocycles. The van der Waals surface area contributed by atoms with Gasteiger partial charge in [0.25, 0.3) is 0 Å². The van der Waals surface area contributed by atoms with Crippen LogP contribution in [0.4, 0.5) is 0 Å². The van der Waals surface area contributed by atoms with Gasteiger partial charge in [0, 0.05) is 5.56 Å². The van der Waals surface area contributed by atoms with E-state index in [0.717, 1.165) is 30.5 Å². The van der Waals surface area contributed by atoms with E-state index in [2.05, 4.69) is 46.6 Å². The maximum Gasteiger partial charge on any atom is 0.213 e. The first kappa shape index (κ1) is 14.1. The molecule has 0 aromatic carbocycles. The minimum Gasteiger partial charge on any atom is -0.493 e. The van der Waals surface area contributed by atoms with Crippen LogP contribution in [0.5, 0.6) is 5.88 Å². The first-order valence-electron chi connectivity index (χ1n) is 6.57. The molecule has 0 spiro atoms. The molecule has 0 unspecified atom stereocenters. The van der Waals surface area contributed by atoms with E-state index >= 15 is 0 Å². The Morgan fingerprint density at radius 2 is 1.88 bits per heavy atom. The average Bonchev–Trinajstić information content (AvgIpc) is 2.45. The van der Waals surface area contributed by atoms with Crippen LogP contribution in [0, 0.1) is 5.92 Å². The van der Waals surface area contributed by atoms with Crippen LogP contribution in [-0.2, 0) is 18.4 Å². The van der Waals surface area contributed by atoms with Crippen molar-refractivity contribution in [1.82, 2.24) is 9.78 Å². The van der Waals surface area contributed by atoms with Crippen LogP contribution in [0.2, 0.25) is 0 Å². The zero-order valence-electron chi connectivity index (χ0n) is 12.0. The quantitative estimate of drug-likeness (QED) is 0.872. The number of rotatable bonds is 4. The van der Waals surface area contributed by atoms with Gasteiger partial charge < -0.3 is 5.11 Å². The van der Waals surface area contributed by atoms with Crippen molar-refractivity contribution in [2.24, 2.45) is 5.92 Å². The van der Waals surface area contributed by atoms with Crippen molar-refractivity contribution in [1.29, 1.82) is 0 Å². The molecule has 0 aliphatic rings. The molecular weight excluding hydrogens is 212 g/mol. The first-order valence-corrected chi connectivity index (χ1v) is 6.57. The summed E-state index contributed by atoms with van der Waals surface area (Å²) in [6, 6.07) is 0. The lowest BCUT2D eigenvalue weighted by Crippen LogP contribution is -2.22. The molecule has 0 atom stereocenters. The number of aromatic hydroxyl groups is 1. The highest BCUT2D eigenvalue weighted by atomic mass is 16.3. The molecule has 0 saturated heterocycles. The highest BCUT2D eigenvalue weighted by Gasteiger charge is 2.24. The minimum absolute atomic E-state index is 0.165. The first-order chi connectivity index (χ1) is 7.77. The van der Waals surface area contributed by atoms with E-state index in [0.29, 0.717) is 11.8 Å². The maximum absolute atomic E-state index is 10.3. The second kappa shape index (κ2) is 5.11. The Bertz CT molecular complexity index is 372. The topological polar surface area (TPSA) is 38.0 Å². The van der Waals surface area contributed by atoms with E-state index in [1.54, 1.807) is 4.68 Å². The average molecular weight is 238 g/mol. The van der Waals surface area contributed by atoms with Gasteiger partial charge in [-0.05, 0) is 39.5 Å². The Labute approximate surface area is 105 Å². The third-order valence-corrected chi connectivity index (χ3v) is 2.77. The number of aryl methyl sites for hydroxylation is 1. The van der Waals surface area contributed by atoms with Gasteiger partial charge in [0.1, 0.15) is 0 Å². The zero-order valence-corrected chi connectivity index (χ0v) is 12.0. The summed E-state index contributed by atoms with van der Waals surface area (Å²) in [4.78, 5) is 0. The van der Waals surface area contributed by atoms with Crippen molar-refractivity contribution in [2.75, 3.05) is 0 Å². The molecule has 0 saturated carbocycles. The number of aromatic nitrogens is 2. The number of nitrogens with zero attached hydrogens (tertiary/aromatic N) is 2. The Morgan fingerprint density at radius 1 is 1.29 bits per heavy atom. The van der Waals surface area contributed by atoms with Crippen molar-refractivity contribution >= 4 is 0 Å². The van der Waals surface area contributed by atoms with Gasteiger partial charge in [-0.1, -0.05) is 27.2 Å². The molecule has 98 valence electrons. The van der Waals surface area contributed by atoms with E-state index in [-0.39, 0.29) is 5.54 Å². The third kappa shape index (κ3) is 3.24. The molecule has 0 aliphatic carbocycles. The lowest BCUT2D eigenvalue weighted by atomic mass is 10.0. The van der Waals surface area contributed by atoms with E-state index < -0.39 is 0 Å². The van der Waals surface area contributed by atoms with Gasteiger partial charge >= 0.3 is 0 Å². The van der Waals surface area contributed by atoms with Crippen LogP contribution in [0.25, 0.3) is 0 Å². The molecular formula is C14H26N2O. The predicted molar refractivity (Wildman–Crippen MR) is 71.4 cm³/mol. The normalized spacial score (nSPS) is 12.4. The van der Waals surface area contributed by atoms with E-state index in [9.17, 15) is 5.11 Å². The predicted octanol–water partition coefficient (Wildman–Crippen LogP) is 3.49. The minimum atomic E-state index is -0.165. The maximum atomic E-state index is 10.3. The van der Waals surface area contributed by atoms with Crippen LogP contribution < -0.4 is 0 Å². The molecule has 0 fully saturated rings. The number of hydrogen-bond donors (Lipinski definition) is 1. The van der Waals surface area contributed by atoms with Crippen LogP contribution in [0.3, 0.4) is 0 Å². The molecule has 3 nitrogen and oxygen atoms in total. The summed E-state index contributed by atoms with van der Waals surface area (Å²) in [5, 5.41) is 14.9. The fourth-order valence-electron chi connectivity index (χ4n) is 2.01. The lowest BCUT2D eigenvalue weighted by Gasteiger charge is -2.20. The Hall–Kier alpha value is -0.990. The second-order valence-electron chi connectivity index (χ2n) is 6.18. The highest BCUT2D eigenvalue weighted by Crippen LogP contribution is 2.30. The number of hydrogen-bond acceptors (Lipinski definition) is 2. The zero-order chi connectivity index (χ0) is 13.2. The molecule has 0 aliphatic heterocycles. The van der Waals surface area contributed by atoms with Crippen molar-refractivity contribution in [2.45, 2.75) is 66.3 Å². The van der Waals surface area contributed by atoms with Gasteiger partial charge in [-0.15, -0.1) is 0 Å². The summed E-state index contributed by atoms with van der Waals surface area (Å²) in [7, 11) is 0. The molecule has 1 N–H and O–H groups in total. The molecule has 1 aromatic heterocycles. The highest BCUT2D eigenvalue weighted by molar-refractivity contribution is 5.32. The summed E-state index contributed by atoms with van der Waals surface area (Å²) >= 11 is 0. The van der Waals surface area contributed by atoms with E-state index in [1.807, 2.05) is 0 Å². The van der Waals surface area contributed by atoms with Crippen LogP contribution >= 0.6 is 0 Å². The van der Waals surface area contributed by atoms with Gasteiger partial charge in [-0.25, -0.2) is 4.68 Å². The van der Waals surface area contributed by atoms with Crippen LogP contribution in [0.15, 0.2) is 0 Å². The van der Waals surface area contributed by atoms with Crippen molar-refractivity contribution < 1.29 is 5.11 Å². The summed E-state index contributed by atoms with van der Waals surface area (Å²) in [6.45, 7) is 12.7. The summed E-state index contributed by atoms with van der Waals surface area (Å²) in [5.74, 6) is 0.892. The SMILES string of the molecule is CCCc1nn(C(C)(C)C)c(O)c1CC(C)C. The van der Waals surface area contributed by atoms with Gasteiger partial charge in [0.05, 0.1) is 11.2 Å². The summed E-state index contributed by atoms with van der Waals surface area (Å²) in [6.07, 6.45) is 2.90. The second-order valence-corrected chi connectivity index (χ2v) is 6.18. The molecule has 0 radical (unpaired) electrons. The van der Waals surface area contributed by atoms with Crippen molar-refractivity contribution in [3.05, 3.63) is 11.3 Å². The molecule has 3 heteroatoms. The smallest absolute Gasteiger partial charge is 0.213 e. The monoisotopic (exact) mass is 238 g/mol. The van der Waals surface area contributed by atoms with Gasteiger partial charge in [-0.3, -0.25) is 0 Å². The summed E-state index contributed by atoms with van der Waals surface area (Å²) in [5.41, 5.74) is 1.94. The summed E-state index contributed by atoms with van der Waals surface area (Å²) < 4.78 is 1.76. The van der Waals surface area contributed by atoms with Gasteiger partial charge in [-0.2, -0.15) is 5.10 Å². The van der Waals surface area contributed by atoms with Crippen LogP contribution in [-0.4, -0.2) is 14.9 Å². The van der Waals surface area contributed by atoms with Gasteiger partial charge in [0.15, 0.2) is 0 Å². The Balaban J connectivity index is 3.20.